The molecule has 2 heterocycles. The van der Waals surface area contributed by atoms with Crippen LogP contribution < -0.4 is 4.90 Å². The predicted octanol–water partition coefficient (Wildman–Crippen LogP) is 5.51. The maximum atomic E-state index is 6.13. The van der Waals surface area contributed by atoms with Gasteiger partial charge in [0.15, 0.2) is 0 Å². The normalized spacial score (nSPS) is 15.9. The Morgan fingerprint density at radius 2 is 1.64 bits per heavy atom. The van der Waals surface area contributed by atoms with E-state index in [2.05, 4.69) is 72.0 Å². The third-order valence-corrected chi connectivity index (χ3v) is 5.86. The summed E-state index contributed by atoms with van der Waals surface area (Å²) in [7, 11) is 0. The number of benzene rings is 2. The first-order valence-electron chi connectivity index (χ1n) is 10.0. The van der Waals surface area contributed by atoms with Gasteiger partial charge in [0.2, 0.25) is 0 Å². The summed E-state index contributed by atoms with van der Waals surface area (Å²) in [5, 5.41) is 1.91. The van der Waals surface area contributed by atoms with Crippen LogP contribution in [0.25, 0.3) is 10.9 Å². The van der Waals surface area contributed by atoms with Crippen LogP contribution in [0.4, 0.5) is 5.69 Å². The van der Waals surface area contributed by atoms with E-state index in [1.807, 2.05) is 18.3 Å². The minimum atomic E-state index is 0.210. The monoisotopic (exact) mass is 393 g/mol. The quantitative estimate of drug-likeness (QED) is 0.585. The topological polar surface area (TPSA) is 19.4 Å². The molecule has 0 bridgehead atoms. The van der Waals surface area contributed by atoms with E-state index in [9.17, 15) is 0 Å². The highest BCUT2D eigenvalue weighted by atomic mass is 35.5. The second kappa shape index (κ2) is 7.73. The van der Waals surface area contributed by atoms with E-state index >= 15 is 0 Å². The molecule has 3 nitrogen and oxygen atoms in total. The molecule has 0 saturated carbocycles. The first-order chi connectivity index (χ1) is 13.4. The second-order valence-corrected chi connectivity index (χ2v) is 9.14. The summed E-state index contributed by atoms with van der Waals surface area (Å²) in [4.78, 5) is 9.48. The maximum Gasteiger partial charge on any atom is 0.0737 e. The number of fused-ring (bicyclic) bond motifs is 1. The van der Waals surface area contributed by atoms with Crippen LogP contribution in [0.5, 0.6) is 0 Å². The Bertz CT molecular complexity index is 952. The van der Waals surface area contributed by atoms with Crippen LogP contribution in [0.2, 0.25) is 5.02 Å². The number of pyridine rings is 1. The van der Waals surface area contributed by atoms with E-state index in [1.165, 1.54) is 22.2 Å². The van der Waals surface area contributed by atoms with Gasteiger partial charge in [0.05, 0.1) is 5.52 Å². The molecule has 0 N–H and O–H groups in total. The van der Waals surface area contributed by atoms with Crippen molar-refractivity contribution in [2.24, 2.45) is 0 Å². The molecular weight excluding hydrogens is 366 g/mol. The largest absolute Gasteiger partial charge is 0.368 e. The molecule has 3 aromatic rings. The molecule has 1 saturated heterocycles. The lowest BCUT2D eigenvalue weighted by Gasteiger charge is -2.36. The number of aromatic nitrogens is 1. The van der Waals surface area contributed by atoms with E-state index < -0.39 is 0 Å². The highest BCUT2D eigenvalue weighted by molar-refractivity contribution is 6.31. The fourth-order valence-electron chi connectivity index (χ4n) is 3.90. The molecule has 1 aromatic heterocycles. The van der Waals surface area contributed by atoms with Crippen molar-refractivity contribution in [1.82, 2.24) is 9.88 Å². The lowest BCUT2D eigenvalue weighted by molar-refractivity contribution is 0.250. The Morgan fingerprint density at radius 3 is 2.32 bits per heavy atom. The van der Waals surface area contributed by atoms with E-state index in [0.717, 1.165) is 43.3 Å². The zero-order chi connectivity index (χ0) is 19.7. The molecule has 146 valence electrons. The van der Waals surface area contributed by atoms with Crippen molar-refractivity contribution < 1.29 is 0 Å². The molecule has 0 radical (unpaired) electrons. The molecular formula is C24H28ClN3. The third-order valence-electron chi connectivity index (χ3n) is 5.62. The van der Waals surface area contributed by atoms with E-state index in [1.54, 1.807) is 0 Å². The molecule has 0 atom stereocenters. The summed E-state index contributed by atoms with van der Waals surface area (Å²) in [5.41, 5.74) is 5.22. The zero-order valence-electron chi connectivity index (χ0n) is 17.0. The fraction of sp³-hybridized carbons (Fsp3) is 0.375. The van der Waals surface area contributed by atoms with Gasteiger partial charge in [0.25, 0.3) is 0 Å². The summed E-state index contributed by atoms with van der Waals surface area (Å²) in [6, 6.07) is 17.2. The van der Waals surface area contributed by atoms with Crippen LogP contribution in [0.15, 0.2) is 54.7 Å². The van der Waals surface area contributed by atoms with Gasteiger partial charge >= 0.3 is 0 Å². The number of hydrogen-bond acceptors (Lipinski definition) is 3. The second-order valence-electron chi connectivity index (χ2n) is 8.70. The Labute approximate surface area is 172 Å². The highest BCUT2D eigenvalue weighted by Crippen LogP contribution is 2.28. The average Bonchev–Trinajstić information content (AvgIpc) is 2.68. The van der Waals surface area contributed by atoms with Crippen molar-refractivity contribution in [2.75, 3.05) is 31.1 Å². The molecule has 1 aliphatic rings. The van der Waals surface area contributed by atoms with Gasteiger partial charge in [-0.05, 0) is 40.8 Å². The van der Waals surface area contributed by atoms with Gasteiger partial charge in [-0.2, -0.15) is 0 Å². The van der Waals surface area contributed by atoms with Crippen molar-refractivity contribution in [2.45, 2.75) is 32.7 Å². The number of nitrogens with zero attached hydrogens (tertiary/aromatic N) is 3. The Morgan fingerprint density at radius 1 is 0.929 bits per heavy atom. The fourth-order valence-corrected chi connectivity index (χ4v) is 4.06. The summed E-state index contributed by atoms with van der Waals surface area (Å²) in [6.07, 6.45) is 1.89. The molecule has 0 aliphatic carbocycles. The number of piperazine rings is 1. The van der Waals surface area contributed by atoms with E-state index in [4.69, 9.17) is 11.6 Å². The Kier molecular flexibility index (Phi) is 5.31. The maximum absolute atomic E-state index is 6.13. The molecule has 0 amide bonds. The third kappa shape index (κ3) is 4.16. The average molecular weight is 394 g/mol. The lowest BCUT2D eigenvalue weighted by atomic mass is 9.87. The predicted molar refractivity (Wildman–Crippen MR) is 119 cm³/mol. The Hall–Kier alpha value is -2.10. The lowest BCUT2D eigenvalue weighted by Crippen LogP contribution is -2.46. The molecule has 1 fully saturated rings. The molecule has 28 heavy (non-hydrogen) atoms. The van der Waals surface area contributed by atoms with Crippen molar-refractivity contribution in [3.8, 4) is 0 Å². The molecule has 1 aliphatic heterocycles. The van der Waals surface area contributed by atoms with Crippen molar-refractivity contribution in [3.63, 3.8) is 0 Å². The van der Waals surface area contributed by atoms with Crippen LogP contribution in [0, 0.1) is 0 Å². The van der Waals surface area contributed by atoms with Gasteiger partial charge in [-0.25, -0.2) is 0 Å². The van der Waals surface area contributed by atoms with Crippen molar-refractivity contribution in [1.29, 1.82) is 0 Å². The highest BCUT2D eigenvalue weighted by Gasteiger charge is 2.19. The first kappa shape index (κ1) is 19.2. The van der Waals surface area contributed by atoms with Crippen LogP contribution in [0.3, 0.4) is 0 Å². The molecule has 4 heteroatoms. The summed E-state index contributed by atoms with van der Waals surface area (Å²) in [6.45, 7) is 12.0. The summed E-state index contributed by atoms with van der Waals surface area (Å²) < 4.78 is 0. The van der Waals surface area contributed by atoms with E-state index in [0.29, 0.717) is 0 Å². The number of hydrogen-bond donors (Lipinski definition) is 0. The van der Waals surface area contributed by atoms with Crippen LogP contribution in [0.1, 0.15) is 31.9 Å². The SMILES string of the molecule is CC(C)(C)c1ccc(CN2CCN(c3ccnc4cc(Cl)ccc34)CC2)cc1. The Balaban J connectivity index is 1.41. The minimum absolute atomic E-state index is 0.210. The molecule has 0 spiro atoms. The van der Waals surface area contributed by atoms with Crippen LogP contribution >= 0.6 is 11.6 Å². The van der Waals surface area contributed by atoms with Gasteiger partial charge in [0, 0.05) is 55.0 Å². The molecule has 2 aromatic carbocycles. The first-order valence-corrected chi connectivity index (χ1v) is 10.4. The van der Waals surface area contributed by atoms with Crippen molar-refractivity contribution >= 4 is 28.2 Å². The van der Waals surface area contributed by atoms with Crippen LogP contribution in [-0.2, 0) is 12.0 Å². The van der Waals surface area contributed by atoms with Crippen LogP contribution in [-0.4, -0.2) is 36.1 Å². The summed E-state index contributed by atoms with van der Waals surface area (Å²) in [5.74, 6) is 0. The number of halogens is 1. The minimum Gasteiger partial charge on any atom is -0.368 e. The number of rotatable bonds is 3. The molecule has 0 unspecified atom stereocenters. The van der Waals surface area contributed by atoms with Gasteiger partial charge in [-0.3, -0.25) is 9.88 Å². The van der Waals surface area contributed by atoms with Gasteiger partial charge in [-0.1, -0.05) is 56.6 Å². The van der Waals surface area contributed by atoms with Gasteiger partial charge in [-0.15, -0.1) is 0 Å². The smallest absolute Gasteiger partial charge is 0.0737 e. The zero-order valence-corrected chi connectivity index (χ0v) is 17.7. The van der Waals surface area contributed by atoms with Gasteiger partial charge < -0.3 is 4.90 Å². The van der Waals surface area contributed by atoms with Crippen molar-refractivity contribution in [3.05, 3.63) is 70.9 Å². The van der Waals surface area contributed by atoms with Gasteiger partial charge in [0.1, 0.15) is 0 Å². The molecule has 4 rings (SSSR count). The number of anilines is 1. The standard InChI is InChI=1S/C24H28ClN3/c1-24(2,3)19-6-4-18(5-7-19)17-27-12-14-28(15-13-27)23-10-11-26-22-16-20(25)8-9-21(22)23/h4-11,16H,12-15,17H2,1-3H3. The van der Waals surface area contributed by atoms with E-state index in [-0.39, 0.29) is 5.41 Å². The summed E-state index contributed by atoms with van der Waals surface area (Å²) >= 11 is 6.13.